The Labute approximate surface area is 149 Å². The predicted molar refractivity (Wildman–Crippen MR) is 97.9 cm³/mol. The number of carbonyl (C=O) groups is 1. The van der Waals surface area contributed by atoms with Crippen LogP contribution in [0.25, 0.3) is 5.69 Å². The quantitative estimate of drug-likeness (QED) is 0.626. The van der Waals surface area contributed by atoms with Crippen molar-refractivity contribution in [2.45, 2.75) is 51.5 Å². The van der Waals surface area contributed by atoms with Crippen molar-refractivity contribution in [1.29, 1.82) is 0 Å². The van der Waals surface area contributed by atoms with Crippen LogP contribution in [0.5, 0.6) is 0 Å². The molecule has 25 heavy (non-hydrogen) atoms. The van der Waals surface area contributed by atoms with Gasteiger partial charge >= 0.3 is 0 Å². The summed E-state index contributed by atoms with van der Waals surface area (Å²) in [5.74, 6) is -0.0229. The highest BCUT2D eigenvalue weighted by Gasteiger charge is 2.12. The first kappa shape index (κ1) is 17.6. The van der Waals surface area contributed by atoms with E-state index in [2.05, 4.69) is 20.7 Å². The smallest absolute Gasteiger partial charge is 0.251 e. The standard InChI is InChI=1S/C19H27N5O/c1-15-12-17(24-14-20-13-23-24)8-9-18(15)19(25)22-11-10-21-16-6-4-2-3-5-7-16/h8-9,12-14,16,21H,2-7,10-11H2,1H3,(H,22,25). The molecule has 0 aliphatic heterocycles. The van der Waals surface area contributed by atoms with Gasteiger partial charge in [-0.25, -0.2) is 9.67 Å². The van der Waals surface area contributed by atoms with Crippen molar-refractivity contribution in [2.75, 3.05) is 13.1 Å². The molecule has 0 bridgehead atoms. The fraction of sp³-hybridized carbons (Fsp3) is 0.526. The number of benzene rings is 1. The third kappa shape index (κ3) is 4.89. The number of carbonyl (C=O) groups excluding carboxylic acids is 1. The molecule has 6 heteroatoms. The molecule has 1 aliphatic rings. The fourth-order valence-corrected chi connectivity index (χ4v) is 3.42. The maximum absolute atomic E-state index is 12.4. The van der Waals surface area contributed by atoms with Crippen molar-refractivity contribution in [3.8, 4) is 5.69 Å². The van der Waals surface area contributed by atoms with Gasteiger partial charge < -0.3 is 10.6 Å². The lowest BCUT2D eigenvalue weighted by molar-refractivity contribution is 0.0953. The number of nitrogens with one attached hydrogen (secondary N) is 2. The predicted octanol–water partition coefficient (Wildman–Crippen LogP) is 2.62. The third-order valence-electron chi connectivity index (χ3n) is 4.84. The molecule has 1 aliphatic carbocycles. The number of nitrogens with zero attached hydrogens (tertiary/aromatic N) is 3. The van der Waals surface area contributed by atoms with Crippen molar-refractivity contribution in [3.05, 3.63) is 42.0 Å². The summed E-state index contributed by atoms with van der Waals surface area (Å²) in [6, 6.07) is 6.30. The van der Waals surface area contributed by atoms with Gasteiger partial charge in [-0.05, 0) is 43.5 Å². The zero-order chi connectivity index (χ0) is 17.5. The minimum atomic E-state index is -0.0229. The van der Waals surface area contributed by atoms with Gasteiger partial charge in [0.25, 0.3) is 5.91 Å². The number of amides is 1. The normalized spacial score (nSPS) is 15.7. The van der Waals surface area contributed by atoms with Crippen LogP contribution in [0, 0.1) is 6.92 Å². The van der Waals surface area contributed by atoms with Crippen LogP contribution in [0.1, 0.15) is 54.4 Å². The lowest BCUT2D eigenvalue weighted by atomic mass is 10.1. The Bertz CT molecular complexity index is 675. The number of rotatable bonds is 6. The van der Waals surface area contributed by atoms with E-state index in [0.717, 1.165) is 17.8 Å². The summed E-state index contributed by atoms with van der Waals surface area (Å²) >= 11 is 0. The first-order valence-corrected chi connectivity index (χ1v) is 9.21. The first-order chi connectivity index (χ1) is 12.2. The number of hydrogen-bond acceptors (Lipinski definition) is 4. The van der Waals surface area contributed by atoms with E-state index < -0.39 is 0 Å². The molecule has 6 nitrogen and oxygen atoms in total. The minimum Gasteiger partial charge on any atom is -0.351 e. The van der Waals surface area contributed by atoms with Gasteiger partial charge in [-0.3, -0.25) is 4.79 Å². The molecule has 0 unspecified atom stereocenters. The van der Waals surface area contributed by atoms with E-state index in [4.69, 9.17) is 0 Å². The maximum Gasteiger partial charge on any atom is 0.251 e. The average molecular weight is 341 g/mol. The Hall–Kier alpha value is -2.21. The highest BCUT2D eigenvalue weighted by molar-refractivity contribution is 5.95. The zero-order valence-corrected chi connectivity index (χ0v) is 14.9. The molecule has 1 fully saturated rings. The van der Waals surface area contributed by atoms with Crippen LogP contribution in [0.2, 0.25) is 0 Å². The first-order valence-electron chi connectivity index (χ1n) is 9.21. The molecular weight excluding hydrogens is 314 g/mol. The van der Waals surface area contributed by atoms with Gasteiger partial charge in [0.1, 0.15) is 12.7 Å². The summed E-state index contributed by atoms with van der Waals surface area (Å²) < 4.78 is 1.69. The topological polar surface area (TPSA) is 71.8 Å². The SMILES string of the molecule is Cc1cc(-n2cncn2)ccc1C(=O)NCCNC1CCCCCC1. The summed E-state index contributed by atoms with van der Waals surface area (Å²) in [5, 5.41) is 10.7. The maximum atomic E-state index is 12.4. The van der Waals surface area contributed by atoms with Crippen LogP contribution in [-0.4, -0.2) is 39.8 Å². The van der Waals surface area contributed by atoms with Crippen LogP contribution < -0.4 is 10.6 Å². The van der Waals surface area contributed by atoms with Crippen molar-refractivity contribution in [3.63, 3.8) is 0 Å². The monoisotopic (exact) mass is 341 g/mol. The third-order valence-corrected chi connectivity index (χ3v) is 4.84. The Morgan fingerprint density at radius 3 is 2.68 bits per heavy atom. The Morgan fingerprint density at radius 1 is 1.20 bits per heavy atom. The number of hydrogen-bond donors (Lipinski definition) is 2. The molecule has 1 saturated carbocycles. The Kier molecular flexibility index (Phi) is 6.17. The average Bonchev–Trinajstić information content (AvgIpc) is 3.03. The lowest BCUT2D eigenvalue weighted by Crippen LogP contribution is -2.37. The van der Waals surface area contributed by atoms with Crippen molar-refractivity contribution >= 4 is 5.91 Å². The Balaban J connectivity index is 1.48. The Morgan fingerprint density at radius 2 is 2.00 bits per heavy atom. The van der Waals surface area contributed by atoms with E-state index in [1.165, 1.54) is 44.9 Å². The van der Waals surface area contributed by atoms with Crippen LogP contribution in [0.15, 0.2) is 30.9 Å². The van der Waals surface area contributed by atoms with Gasteiger partial charge in [-0.2, -0.15) is 5.10 Å². The molecule has 1 aromatic heterocycles. The van der Waals surface area contributed by atoms with Crippen molar-refractivity contribution in [1.82, 2.24) is 25.4 Å². The minimum absolute atomic E-state index is 0.0229. The molecule has 0 saturated heterocycles. The van der Waals surface area contributed by atoms with E-state index in [9.17, 15) is 4.79 Å². The van der Waals surface area contributed by atoms with Crippen molar-refractivity contribution < 1.29 is 4.79 Å². The van der Waals surface area contributed by atoms with Crippen molar-refractivity contribution in [2.24, 2.45) is 0 Å². The molecule has 0 radical (unpaired) electrons. The molecule has 134 valence electrons. The van der Waals surface area contributed by atoms with Gasteiger partial charge in [0.15, 0.2) is 0 Å². The second-order valence-corrected chi connectivity index (χ2v) is 6.74. The van der Waals surface area contributed by atoms with E-state index >= 15 is 0 Å². The molecule has 1 heterocycles. The van der Waals surface area contributed by atoms with Crippen LogP contribution in [0.4, 0.5) is 0 Å². The lowest BCUT2D eigenvalue weighted by Gasteiger charge is -2.16. The molecule has 1 amide bonds. The molecule has 3 rings (SSSR count). The van der Waals surface area contributed by atoms with Crippen LogP contribution in [-0.2, 0) is 0 Å². The van der Waals surface area contributed by atoms with Gasteiger partial charge in [-0.1, -0.05) is 25.7 Å². The molecule has 2 N–H and O–H groups in total. The summed E-state index contributed by atoms with van der Waals surface area (Å²) in [6.07, 6.45) is 11.0. The van der Waals surface area contributed by atoms with E-state index in [1.54, 1.807) is 11.0 Å². The summed E-state index contributed by atoms with van der Waals surface area (Å²) in [6.45, 7) is 3.42. The van der Waals surface area contributed by atoms with Gasteiger partial charge in [0.2, 0.25) is 0 Å². The highest BCUT2D eigenvalue weighted by Crippen LogP contribution is 2.17. The summed E-state index contributed by atoms with van der Waals surface area (Å²) in [7, 11) is 0. The summed E-state index contributed by atoms with van der Waals surface area (Å²) in [4.78, 5) is 16.3. The highest BCUT2D eigenvalue weighted by atomic mass is 16.1. The number of aromatic nitrogens is 3. The van der Waals surface area contributed by atoms with Gasteiger partial charge in [0, 0.05) is 24.7 Å². The molecule has 0 atom stereocenters. The number of aryl methyl sites for hydroxylation is 1. The van der Waals surface area contributed by atoms with Gasteiger partial charge in [-0.15, -0.1) is 0 Å². The second-order valence-electron chi connectivity index (χ2n) is 6.74. The van der Waals surface area contributed by atoms with Crippen LogP contribution in [0.3, 0.4) is 0 Å². The molecule has 2 aromatic rings. The summed E-state index contributed by atoms with van der Waals surface area (Å²) in [5.41, 5.74) is 2.54. The fourth-order valence-electron chi connectivity index (χ4n) is 3.42. The molecular formula is C19H27N5O. The van der Waals surface area contributed by atoms with E-state index in [1.807, 2.05) is 25.1 Å². The van der Waals surface area contributed by atoms with Gasteiger partial charge in [0.05, 0.1) is 5.69 Å². The molecule has 0 spiro atoms. The molecule has 1 aromatic carbocycles. The zero-order valence-electron chi connectivity index (χ0n) is 14.9. The second kappa shape index (κ2) is 8.76. The largest absolute Gasteiger partial charge is 0.351 e. The van der Waals surface area contributed by atoms with E-state index in [-0.39, 0.29) is 5.91 Å². The van der Waals surface area contributed by atoms with E-state index in [0.29, 0.717) is 18.2 Å². The van der Waals surface area contributed by atoms with Crippen LogP contribution >= 0.6 is 0 Å².